The van der Waals surface area contributed by atoms with Gasteiger partial charge in [-0.25, -0.2) is 0 Å². The molecule has 0 aromatic carbocycles. The molecule has 0 saturated carbocycles. The van der Waals surface area contributed by atoms with Gasteiger partial charge in [-0.05, 0) is 26.8 Å². The predicted octanol–water partition coefficient (Wildman–Crippen LogP) is 2.02. The van der Waals surface area contributed by atoms with E-state index in [-0.39, 0.29) is 0 Å². The molecule has 92 valence electrons. The molecule has 15 heavy (non-hydrogen) atoms. The minimum Gasteiger partial charge on any atom is -0.378 e. The van der Waals surface area contributed by atoms with Gasteiger partial charge in [-0.1, -0.05) is 13.8 Å². The first kappa shape index (κ1) is 14.9. The third-order valence-electron chi connectivity index (χ3n) is 1.97. The second-order valence-electron chi connectivity index (χ2n) is 4.69. The van der Waals surface area contributed by atoms with Crippen molar-refractivity contribution in [1.29, 1.82) is 0 Å². The van der Waals surface area contributed by atoms with E-state index in [1.807, 2.05) is 13.8 Å². The van der Waals surface area contributed by atoms with Gasteiger partial charge in [0.1, 0.15) is 0 Å². The van der Waals surface area contributed by atoms with E-state index in [0.717, 1.165) is 25.6 Å². The molecule has 3 nitrogen and oxygen atoms in total. The van der Waals surface area contributed by atoms with E-state index < -0.39 is 0 Å². The van der Waals surface area contributed by atoms with Crippen LogP contribution in [0.1, 0.15) is 27.7 Å². The van der Waals surface area contributed by atoms with Crippen LogP contribution in [0.5, 0.6) is 0 Å². The third kappa shape index (κ3) is 11.8. The number of nitrogens with zero attached hydrogens (tertiary/aromatic N) is 1. The largest absolute Gasteiger partial charge is 0.378 e. The molecular weight excluding hydrogens is 190 g/mol. The summed E-state index contributed by atoms with van der Waals surface area (Å²) in [5.41, 5.74) is 0. The van der Waals surface area contributed by atoms with Crippen molar-refractivity contribution in [2.45, 2.75) is 33.8 Å². The summed E-state index contributed by atoms with van der Waals surface area (Å²) in [5, 5.41) is 0. The third-order valence-corrected chi connectivity index (χ3v) is 1.97. The molecule has 0 bridgehead atoms. The molecule has 0 aliphatic carbocycles. The normalized spacial score (nSPS) is 12.0. The van der Waals surface area contributed by atoms with Crippen molar-refractivity contribution < 1.29 is 9.47 Å². The Morgan fingerprint density at radius 2 is 1.67 bits per heavy atom. The van der Waals surface area contributed by atoms with Gasteiger partial charge in [0.2, 0.25) is 0 Å². The van der Waals surface area contributed by atoms with Crippen molar-refractivity contribution in [3.05, 3.63) is 0 Å². The molecule has 3 heteroatoms. The zero-order valence-electron chi connectivity index (χ0n) is 11.0. The SMILES string of the molecule is CC(C)CN(C)CCOCCOC(C)C. The Labute approximate surface area is 94.7 Å². The summed E-state index contributed by atoms with van der Waals surface area (Å²) in [5.74, 6) is 0.722. The summed E-state index contributed by atoms with van der Waals surface area (Å²) in [6.07, 6.45) is 0.303. The van der Waals surface area contributed by atoms with Gasteiger partial charge >= 0.3 is 0 Å². The Kier molecular flexibility index (Phi) is 9.06. The average Bonchev–Trinajstić information content (AvgIpc) is 2.09. The van der Waals surface area contributed by atoms with Crippen LogP contribution < -0.4 is 0 Å². The lowest BCUT2D eigenvalue weighted by Gasteiger charge is -2.18. The van der Waals surface area contributed by atoms with Crippen LogP contribution in [-0.2, 0) is 9.47 Å². The Morgan fingerprint density at radius 1 is 1.00 bits per heavy atom. The van der Waals surface area contributed by atoms with Crippen LogP contribution in [0.2, 0.25) is 0 Å². The van der Waals surface area contributed by atoms with Gasteiger partial charge in [-0.2, -0.15) is 0 Å². The molecule has 0 fully saturated rings. The zero-order valence-corrected chi connectivity index (χ0v) is 11.0. The zero-order chi connectivity index (χ0) is 11.7. The van der Waals surface area contributed by atoms with Crippen molar-refractivity contribution in [1.82, 2.24) is 4.90 Å². The van der Waals surface area contributed by atoms with E-state index in [1.54, 1.807) is 0 Å². The van der Waals surface area contributed by atoms with E-state index in [9.17, 15) is 0 Å². The maximum absolute atomic E-state index is 5.47. The highest BCUT2D eigenvalue weighted by Crippen LogP contribution is 1.95. The molecule has 0 heterocycles. The molecule has 0 aromatic heterocycles. The average molecular weight is 217 g/mol. The van der Waals surface area contributed by atoms with Crippen LogP contribution in [0.4, 0.5) is 0 Å². The summed E-state index contributed by atoms with van der Waals surface area (Å²) in [7, 11) is 2.13. The van der Waals surface area contributed by atoms with Gasteiger partial charge in [-0.3, -0.25) is 0 Å². The van der Waals surface area contributed by atoms with Crippen LogP contribution in [0, 0.1) is 5.92 Å². The molecule has 0 atom stereocenters. The minimum absolute atomic E-state index is 0.303. The molecule has 0 radical (unpaired) electrons. The summed E-state index contributed by atoms with van der Waals surface area (Å²) in [6, 6.07) is 0. The van der Waals surface area contributed by atoms with Crippen molar-refractivity contribution in [3.8, 4) is 0 Å². The molecule has 0 unspecified atom stereocenters. The van der Waals surface area contributed by atoms with Crippen LogP contribution in [-0.4, -0.2) is 51.0 Å². The van der Waals surface area contributed by atoms with Crippen LogP contribution in [0.25, 0.3) is 0 Å². The number of rotatable bonds is 9. The maximum Gasteiger partial charge on any atom is 0.0703 e. The molecule has 0 spiro atoms. The highest BCUT2D eigenvalue weighted by atomic mass is 16.5. The molecule has 0 amide bonds. The van der Waals surface area contributed by atoms with E-state index in [2.05, 4.69) is 25.8 Å². The van der Waals surface area contributed by atoms with Crippen LogP contribution >= 0.6 is 0 Å². The molecule has 0 aromatic rings. The van der Waals surface area contributed by atoms with Crippen molar-refractivity contribution in [2.24, 2.45) is 5.92 Å². The lowest BCUT2D eigenvalue weighted by atomic mass is 10.2. The van der Waals surface area contributed by atoms with E-state index in [1.165, 1.54) is 0 Å². The van der Waals surface area contributed by atoms with Gasteiger partial charge in [0.05, 0.1) is 25.9 Å². The Bertz CT molecular complexity index is 138. The number of hydrogen-bond donors (Lipinski definition) is 0. The van der Waals surface area contributed by atoms with E-state index in [4.69, 9.17) is 9.47 Å². The van der Waals surface area contributed by atoms with Gasteiger partial charge in [0.15, 0.2) is 0 Å². The highest BCUT2D eigenvalue weighted by Gasteiger charge is 2.01. The summed E-state index contributed by atoms with van der Waals surface area (Å²) in [6.45, 7) is 12.9. The van der Waals surface area contributed by atoms with Crippen molar-refractivity contribution >= 4 is 0 Å². The molecule has 0 aliphatic heterocycles. The van der Waals surface area contributed by atoms with Crippen molar-refractivity contribution in [3.63, 3.8) is 0 Å². The predicted molar refractivity (Wildman–Crippen MR) is 64.2 cm³/mol. The lowest BCUT2D eigenvalue weighted by molar-refractivity contribution is 0.0149. The van der Waals surface area contributed by atoms with E-state index in [0.29, 0.717) is 19.3 Å². The summed E-state index contributed by atoms with van der Waals surface area (Å²) in [4.78, 5) is 2.30. The molecule has 0 aliphatic rings. The topological polar surface area (TPSA) is 21.7 Å². The highest BCUT2D eigenvalue weighted by molar-refractivity contribution is 4.53. The quantitative estimate of drug-likeness (QED) is 0.552. The molecular formula is C12H27NO2. The molecule has 0 saturated heterocycles. The number of hydrogen-bond acceptors (Lipinski definition) is 3. The fraction of sp³-hybridized carbons (Fsp3) is 1.00. The monoisotopic (exact) mass is 217 g/mol. The number of ether oxygens (including phenoxy) is 2. The summed E-state index contributed by atoms with van der Waals surface area (Å²) < 4.78 is 10.8. The first-order chi connectivity index (χ1) is 7.02. The maximum atomic E-state index is 5.47. The molecule has 0 N–H and O–H groups in total. The van der Waals surface area contributed by atoms with Gasteiger partial charge < -0.3 is 14.4 Å². The fourth-order valence-corrected chi connectivity index (χ4v) is 1.38. The van der Waals surface area contributed by atoms with Gasteiger partial charge in [0.25, 0.3) is 0 Å². The second-order valence-corrected chi connectivity index (χ2v) is 4.69. The standard InChI is InChI=1S/C12H27NO2/c1-11(2)10-13(5)6-7-14-8-9-15-12(3)4/h11-12H,6-10H2,1-5H3. The second kappa shape index (κ2) is 9.13. The first-order valence-electron chi connectivity index (χ1n) is 5.90. The van der Waals surface area contributed by atoms with Crippen molar-refractivity contribution in [2.75, 3.05) is 40.0 Å². The Hall–Kier alpha value is -0.120. The van der Waals surface area contributed by atoms with Crippen LogP contribution in [0.3, 0.4) is 0 Å². The molecule has 0 rings (SSSR count). The Morgan fingerprint density at radius 3 is 2.20 bits per heavy atom. The minimum atomic E-state index is 0.303. The smallest absolute Gasteiger partial charge is 0.0703 e. The van der Waals surface area contributed by atoms with Gasteiger partial charge in [-0.15, -0.1) is 0 Å². The first-order valence-corrected chi connectivity index (χ1v) is 5.90. The van der Waals surface area contributed by atoms with E-state index >= 15 is 0 Å². The van der Waals surface area contributed by atoms with Gasteiger partial charge in [0, 0.05) is 13.1 Å². The lowest BCUT2D eigenvalue weighted by Crippen LogP contribution is -2.27. The fourth-order valence-electron chi connectivity index (χ4n) is 1.38. The Balaban J connectivity index is 3.16. The van der Waals surface area contributed by atoms with Crippen LogP contribution in [0.15, 0.2) is 0 Å². The summed E-state index contributed by atoms with van der Waals surface area (Å²) >= 11 is 0. The number of likely N-dealkylation sites (N-methyl/N-ethyl adjacent to an activating group) is 1.